The van der Waals surface area contributed by atoms with Crippen LogP contribution >= 0.6 is 0 Å². The maximum Gasteiger partial charge on any atom is 0.253 e. The highest BCUT2D eigenvalue weighted by Crippen LogP contribution is 2.34. The fourth-order valence-corrected chi connectivity index (χ4v) is 3.82. The van der Waals surface area contributed by atoms with Crippen LogP contribution in [0.3, 0.4) is 0 Å². The second-order valence-corrected chi connectivity index (χ2v) is 7.44. The summed E-state index contributed by atoms with van der Waals surface area (Å²) in [4.78, 5) is 20.9. The third-order valence-corrected chi connectivity index (χ3v) is 5.48. The molecule has 3 heterocycles. The summed E-state index contributed by atoms with van der Waals surface area (Å²) in [5.74, 6) is 0.494. The molecule has 1 fully saturated rings. The molecule has 2 aromatic heterocycles. The number of hydrogen-bond acceptors (Lipinski definition) is 4. The number of hydrogen-bond donors (Lipinski definition) is 1. The molecular weight excluding hydrogens is 350 g/mol. The molecule has 1 aromatic carbocycles. The van der Waals surface area contributed by atoms with Crippen LogP contribution in [-0.2, 0) is 0 Å². The first kappa shape index (κ1) is 18.2. The zero-order chi connectivity index (χ0) is 19.5. The number of nitrogens with zero attached hydrogens (tertiary/aromatic N) is 4. The number of pyridine rings is 1. The molecule has 0 bridgehead atoms. The number of likely N-dealkylation sites (tertiary alicyclic amines) is 1. The summed E-state index contributed by atoms with van der Waals surface area (Å²) in [6, 6.07) is 11.8. The second-order valence-electron chi connectivity index (χ2n) is 7.44. The Morgan fingerprint density at radius 2 is 1.75 bits per heavy atom. The Labute approximate surface area is 165 Å². The zero-order valence-corrected chi connectivity index (χ0v) is 16.3. The first-order chi connectivity index (χ1) is 13.6. The Hall–Kier alpha value is -3.15. The number of aromatic nitrogens is 3. The molecule has 6 heteroatoms. The number of nitrogens with one attached hydrogen (secondary N) is 1. The Morgan fingerprint density at radius 1 is 1.07 bits per heavy atom. The lowest BCUT2D eigenvalue weighted by Gasteiger charge is -2.32. The number of piperidine rings is 1. The average Bonchev–Trinajstić information content (AvgIpc) is 3.24. The fraction of sp³-hybridized carbons (Fsp3) is 0.318. The summed E-state index contributed by atoms with van der Waals surface area (Å²) in [6.45, 7) is 1.52. The quantitative estimate of drug-likeness (QED) is 0.757. The smallest absolute Gasteiger partial charge is 0.253 e. The van der Waals surface area contributed by atoms with Crippen LogP contribution in [0.25, 0.3) is 11.1 Å². The van der Waals surface area contributed by atoms with Crippen LogP contribution in [0.5, 0.6) is 0 Å². The van der Waals surface area contributed by atoms with Crippen molar-refractivity contribution in [1.29, 1.82) is 0 Å². The Morgan fingerprint density at radius 3 is 2.39 bits per heavy atom. The predicted octanol–water partition coefficient (Wildman–Crippen LogP) is 3.56. The monoisotopic (exact) mass is 375 g/mol. The van der Waals surface area contributed by atoms with E-state index in [-0.39, 0.29) is 5.91 Å². The van der Waals surface area contributed by atoms with Crippen LogP contribution in [-0.4, -0.2) is 53.2 Å². The molecule has 1 aliphatic heterocycles. The third-order valence-electron chi connectivity index (χ3n) is 5.48. The number of H-pyrrole nitrogens is 1. The summed E-state index contributed by atoms with van der Waals surface area (Å²) < 4.78 is 0. The minimum absolute atomic E-state index is 0.114. The van der Waals surface area contributed by atoms with Gasteiger partial charge in [0, 0.05) is 68.0 Å². The molecule has 0 atom stereocenters. The minimum Gasteiger partial charge on any atom is -0.378 e. The lowest BCUT2D eigenvalue weighted by Crippen LogP contribution is -2.38. The van der Waals surface area contributed by atoms with Gasteiger partial charge in [-0.1, -0.05) is 0 Å². The van der Waals surface area contributed by atoms with Gasteiger partial charge in [-0.25, -0.2) is 0 Å². The van der Waals surface area contributed by atoms with Crippen LogP contribution in [0.2, 0.25) is 0 Å². The Kier molecular flexibility index (Phi) is 5.10. The van der Waals surface area contributed by atoms with Gasteiger partial charge in [-0.15, -0.1) is 0 Å². The molecule has 1 aliphatic rings. The number of aromatic amines is 1. The van der Waals surface area contributed by atoms with E-state index in [9.17, 15) is 4.79 Å². The first-order valence-electron chi connectivity index (χ1n) is 9.64. The number of anilines is 1. The van der Waals surface area contributed by atoms with Crippen LogP contribution in [0, 0.1) is 0 Å². The maximum atomic E-state index is 12.8. The van der Waals surface area contributed by atoms with Gasteiger partial charge < -0.3 is 9.80 Å². The van der Waals surface area contributed by atoms with Crippen molar-refractivity contribution in [2.75, 3.05) is 32.1 Å². The molecule has 0 radical (unpaired) electrons. The van der Waals surface area contributed by atoms with Crippen molar-refractivity contribution in [3.8, 4) is 11.1 Å². The highest BCUT2D eigenvalue weighted by Gasteiger charge is 2.27. The van der Waals surface area contributed by atoms with E-state index >= 15 is 0 Å². The number of carbonyl (C=O) groups is 1. The zero-order valence-electron chi connectivity index (χ0n) is 16.3. The number of amides is 1. The molecule has 1 amide bonds. The normalized spacial score (nSPS) is 14.9. The van der Waals surface area contributed by atoms with E-state index in [1.807, 2.05) is 66.5 Å². The van der Waals surface area contributed by atoms with Gasteiger partial charge in [0.25, 0.3) is 5.91 Å². The van der Waals surface area contributed by atoms with Crippen molar-refractivity contribution < 1.29 is 4.79 Å². The maximum absolute atomic E-state index is 12.8. The van der Waals surface area contributed by atoms with Crippen molar-refractivity contribution in [3.63, 3.8) is 0 Å². The van der Waals surface area contributed by atoms with Gasteiger partial charge in [-0.2, -0.15) is 5.10 Å². The van der Waals surface area contributed by atoms with Gasteiger partial charge in [0.15, 0.2) is 0 Å². The second kappa shape index (κ2) is 7.84. The highest BCUT2D eigenvalue weighted by molar-refractivity contribution is 5.94. The topological polar surface area (TPSA) is 65.1 Å². The largest absolute Gasteiger partial charge is 0.378 e. The lowest BCUT2D eigenvalue weighted by atomic mass is 9.89. The van der Waals surface area contributed by atoms with Gasteiger partial charge in [0.05, 0.1) is 6.20 Å². The molecule has 3 aromatic rings. The predicted molar refractivity (Wildman–Crippen MR) is 110 cm³/mol. The Balaban J connectivity index is 1.43. The van der Waals surface area contributed by atoms with Gasteiger partial charge in [-0.05, 0) is 54.8 Å². The molecule has 144 valence electrons. The van der Waals surface area contributed by atoms with Gasteiger partial charge >= 0.3 is 0 Å². The van der Waals surface area contributed by atoms with Crippen molar-refractivity contribution >= 4 is 11.6 Å². The van der Waals surface area contributed by atoms with Gasteiger partial charge in [0.1, 0.15) is 0 Å². The van der Waals surface area contributed by atoms with Crippen molar-refractivity contribution in [2.24, 2.45) is 0 Å². The lowest BCUT2D eigenvalue weighted by molar-refractivity contribution is 0.0712. The summed E-state index contributed by atoms with van der Waals surface area (Å²) in [5.41, 5.74) is 5.26. The Bertz CT molecular complexity index is 925. The number of rotatable bonds is 4. The van der Waals surface area contributed by atoms with Crippen molar-refractivity contribution in [3.05, 3.63) is 66.2 Å². The average molecular weight is 375 g/mol. The van der Waals surface area contributed by atoms with Crippen LogP contribution in [0.1, 0.15) is 34.8 Å². The molecule has 0 saturated carbocycles. The summed E-state index contributed by atoms with van der Waals surface area (Å²) in [7, 11) is 3.99. The molecule has 0 spiro atoms. The number of carbonyl (C=O) groups excluding carboxylic acids is 1. The fourth-order valence-electron chi connectivity index (χ4n) is 3.82. The van der Waals surface area contributed by atoms with E-state index in [1.165, 1.54) is 0 Å². The van der Waals surface area contributed by atoms with Crippen LogP contribution in [0.4, 0.5) is 5.69 Å². The van der Waals surface area contributed by atoms with E-state index in [4.69, 9.17) is 0 Å². The molecule has 4 rings (SSSR count). The molecule has 6 nitrogen and oxygen atoms in total. The molecule has 1 N–H and O–H groups in total. The molecular formula is C22H25N5O. The minimum atomic E-state index is 0.114. The van der Waals surface area contributed by atoms with E-state index in [1.54, 1.807) is 12.4 Å². The van der Waals surface area contributed by atoms with Crippen molar-refractivity contribution in [2.45, 2.75) is 18.8 Å². The molecule has 0 aliphatic carbocycles. The van der Waals surface area contributed by atoms with E-state index < -0.39 is 0 Å². The summed E-state index contributed by atoms with van der Waals surface area (Å²) >= 11 is 0. The van der Waals surface area contributed by atoms with E-state index in [0.717, 1.165) is 54.0 Å². The number of benzene rings is 1. The van der Waals surface area contributed by atoms with Crippen molar-refractivity contribution in [1.82, 2.24) is 20.1 Å². The van der Waals surface area contributed by atoms with Gasteiger partial charge in [-0.3, -0.25) is 14.9 Å². The molecule has 28 heavy (non-hydrogen) atoms. The standard InChI is InChI=1S/C22H25N5O/c1-26(2)19-5-3-18(4-6-19)22(28)27-13-9-17(10-14-27)21-20(15-24-25-21)16-7-11-23-12-8-16/h3-8,11-12,15,17H,9-10,13-14H2,1-2H3,(H,24,25). The molecule has 0 unspecified atom stereocenters. The van der Waals surface area contributed by atoms with Crippen LogP contribution < -0.4 is 4.90 Å². The summed E-state index contributed by atoms with van der Waals surface area (Å²) in [6.07, 6.45) is 7.35. The van der Waals surface area contributed by atoms with Gasteiger partial charge in [0.2, 0.25) is 0 Å². The van der Waals surface area contributed by atoms with E-state index in [0.29, 0.717) is 5.92 Å². The summed E-state index contributed by atoms with van der Waals surface area (Å²) in [5, 5.41) is 7.46. The highest BCUT2D eigenvalue weighted by atomic mass is 16.2. The van der Waals surface area contributed by atoms with Crippen LogP contribution in [0.15, 0.2) is 55.0 Å². The SMILES string of the molecule is CN(C)c1ccc(C(=O)N2CCC(c3[nH]ncc3-c3ccncc3)CC2)cc1. The molecule has 1 saturated heterocycles. The third kappa shape index (κ3) is 3.63. The first-order valence-corrected chi connectivity index (χ1v) is 9.64. The van der Waals surface area contributed by atoms with E-state index in [2.05, 4.69) is 15.2 Å².